The van der Waals surface area contributed by atoms with Crippen molar-refractivity contribution in [2.45, 2.75) is 25.8 Å². The van der Waals surface area contributed by atoms with Gasteiger partial charge in [0.05, 0.1) is 28.9 Å². The van der Waals surface area contributed by atoms with Crippen LogP contribution in [0.15, 0.2) is 98.6 Å². The van der Waals surface area contributed by atoms with E-state index in [0.29, 0.717) is 26.4 Å². The van der Waals surface area contributed by atoms with E-state index in [9.17, 15) is 14.7 Å². The molecule has 2 aromatic heterocycles. The van der Waals surface area contributed by atoms with E-state index in [-0.39, 0.29) is 17.2 Å². The van der Waals surface area contributed by atoms with E-state index in [1.165, 1.54) is 16.9 Å². The highest BCUT2D eigenvalue weighted by atomic mass is 32.1. The number of rotatable bonds is 5. The van der Waals surface area contributed by atoms with E-state index < -0.39 is 5.97 Å². The summed E-state index contributed by atoms with van der Waals surface area (Å²) >= 11 is 1.34. The summed E-state index contributed by atoms with van der Waals surface area (Å²) in [5.74, 6) is 0.802. The van der Waals surface area contributed by atoms with Crippen molar-refractivity contribution < 1.29 is 19.1 Å². The number of nitrogens with zero attached hydrogens (tertiary/aromatic N) is 2. The quantitative estimate of drug-likeness (QED) is 0.295. The number of carboxylic acid groups (broad SMARTS) is 1. The average molecular weight is 575 g/mol. The zero-order valence-corrected chi connectivity index (χ0v) is 23.8. The van der Waals surface area contributed by atoms with Crippen LogP contribution in [0.1, 0.15) is 50.8 Å². The Balaban J connectivity index is 1.37. The molecule has 1 atom stereocenters. The number of aromatic carboxylic acids is 1. The predicted octanol–water partition coefficient (Wildman–Crippen LogP) is 5.59. The lowest BCUT2D eigenvalue weighted by Gasteiger charge is -2.30. The van der Waals surface area contributed by atoms with Gasteiger partial charge in [0.2, 0.25) is 0 Å². The molecule has 1 aliphatic heterocycles. The van der Waals surface area contributed by atoms with Crippen molar-refractivity contribution >= 4 is 29.1 Å². The van der Waals surface area contributed by atoms with Crippen LogP contribution in [-0.4, -0.2) is 22.8 Å². The van der Waals surface area contributed by atoms with Crippen LogP contribution in [0.3, 0.4) is 0 Å². The zero-order chi connectivity index (χ0) is 29.0. The summed E-state index contributed by atoms with van der Waals surface area (Å²) in [6.45, 7) is 1.90. The summed E-state index contributed by atoms with van der Waals surface area (Å²) in [6.07, 6.45) is 3.44. The van der Waals surface area contributed by atoms with E-state index in [0.717, 1.165) is 46.6 Å². The molecule has 0 saturated heterocycles. The maximum atomic E-state index is 14.0. The molecule has 7 nitrogen and oxygen atoms in total. The van der Waals surface area contributed by atoms with Crippen LogP contribution < -0.4 is 19.6 Å². The number of hydrogen-bond acceptors (Lipinski definition) is 6. The van der Waals surface area contributed by atoms with Gasteiger partial charge in [0.1, 0.15) is 17.3 Å². The molecule has 1 aliphatic carbocycles. The van der Waals surface area contributed by atoms with Crippen molar-refractivity contribution in [2.75, 3.05) is 7.11 Å². The summed E-state index contributed by atoms with van der Waals surface area (Å²) < 4.78 is 13.8. The molecule has 0 amide bonds. The third kappa shape index (κ3) is 4.31. The molecule has 7 rings (SSSR count). The van der Waals surface area contributed by atoms with Crippen LogP contribution in [0, 0.1) is 6.92 Å². The van der Waals surface area contributed by atoms with Gasteiger partial charge in [-0.1, -0.05) is 53.8 Å². The van der Waals surface area contributed by atoms with Crippen molar-refractivity contribution in [1.29, 1.82) is 0 Å². The highest BCUT2D eigenvalue weighted by Gasteiger charge is 2.32. The Hall–Kier alpha value is -4.95. The zero-order valence-electron chi connectivity index (χ0n) is 23.0. The first-order valence-corrected chi connectivity index (χ1v) is 14.4. The molecule has 2 aliphatic rings. The molecule has 208 valence electrons. The third-order valence-electron chi connectivity index (χ3n) is 7.95. The maximum absolute atomic E-state index is 14.0. The van der Waals surface area contributed by atoms with Crippen molar-refractivity contribution in [3.05, 3.63) is 138 Å². The molecule has 0 saturated carbocycles. The Morgan fingerprint density at radius 1 is 1.05 bits per heavy atom. The fraction of sp³-hybridized carbons (Fsp3) is 0.147. The molecular formula is C34H26N2O5S. The highest BCUT2D eigenvalue weighted by Crippen LogP contribution is 2.41. The normalized spacial score (nSPS) is 16.0. The second kappa shape index (κ2) is 10.2. The fourth-order valence-corrected chi connectivity index (χ4v) is 6.81. The molecule has 0 radical (unpaired) electrons. The van der Waals surface area contributed by atoms with Crippen LogP contribution >= 0.6 is 11.3 Å². The summed E-state index contributed by atoms with van der Waals surface area (Å²) in [7, 11) is 1.64. The Kier molecular flexibility index (Phi) is 6.28. The largest absolute Gasteiger partial charge is 0.497 e. The number of aromatic nitrogens is 1. The lowest BCUT2D eigenvalue weighted by Crippen LogP contribution is -2.38. The van der Waals surface area contributed by atoms with Gasteiger partial charge in [0.25, 0.3) is 5.56 Å². The molecule has 1 N–H and O–H groups in total. The predicted molar refractivity (Wildman–Crippen MR) is 162 cm³/mol. The number of benzene rings is 3. The van der Waals surface area contributed by atoms with Gasteiger partial charge in [-0.2, -0.15) is 0 Å². The number of carbonyl (C=O) groups is 1. The van der Waals surface area contributed by atoms with Gasteiger partial charge in [-0.15, -0.1) is 0 Å². The van der Waals surface area contributed by atoms with Crippen LogP contribution in [0.25, 0.3) is 23.1 Å². The molecule has 1 unspecified atom stereocenters. The standard InChI is InChI=1S/C34H26N2O5S/c1-19-7-8-22(33(38)39)17-27(19)28-16-14-24(41-28)18-29-32(37)36-31(21-9-12-23(40-2)13-10-21)26-15-11-20-5-3-4-6-25(20)30(26)35-34(36)42-29/h3-10,12-14,16-18,31H,11,15H2,1-2H3,(H,38,39). The number of aryl methyl sites for hydroxylation is 2. The Morgan fingerprint density at radius 3 is 2.64 bits per heavy atom. The molecule has 3 aromatic carbocycles. The number of furan rings is 1. The van der Waals surface area contributed by atoms with E-state index in [1.54, 1.807) is 48.1 Å². The summed E-state index contributed by atoms with van der Waals surface area (Å²) in [5.41, 5.74) is 7.10. The minimum atomic E-state index is -0.999. The maximum Gasteiger partial charge on any atom is 0.335 e. The number of thiazole rings is 1. The fourth-order valence-electron chi connectivity index (χ4n) is 5.83. The van der Waals surface area contributed by atoms with Crippen LogP contribution in [-0.2, 0) is 6.42 Å². The molecule has 42 heavy (non-hydrogen) atoms. The first-order valence-electron chi connectivity index (χ1n) is 13.6. The number of ether oxygens (including phenoxy) is 1. The Morgan fingerprint density at radius 2 is 1.86 bits per heavy atom. The first-order chi connectivity index (χ1) is 20.4. The molecule has 3 heterocycles. The molecule has 8 heteroatoms. The Labute approximate surface area is 245 Å². The number of hydrogen-bond donors (Lipinski definition) is 1. The van der Waals surface area contributed by atoms with Crippen LogP contribution in [0.2, 0.25) is 0 Å². The molecule has 5 aromatic rings. The lowest BCUT2D eigenvalue weighted by atomic mass is 9.83. The van der Waals surface area contributed by atoms with Crippen LogP contribution in [0.5, 0.6) is 5.75 Å². The second-order valence-corrected chi connectivity index (χ2v) is 11.4. The van der Waals surface area contributed by atoms with E-state index in [1.807, 2.05) is 37.3 Å². The average Bonchev–Trinajstić information content (AvgIpc) is 3.60. The molecule has 0 bridgehead atoms. The number of allylic oxidation sites excluding steroid dienone is 1. The third-order valence-corrected chi connectivity index (χ3v) is 8.94. The topological polar surface area (TPSA) is 94.0 Å². The smallest absolute Gasteiger partial charge is 0.335 e. The van der Waals surface area contributed by atoms with Gasteiger partial charge in [-0.05, 0) is 78.4 Å². The van der Waals surface area contributed by atoms with Crippen LogP contribution in [0.4, 0.5) is 0 Å². The molecule has 0 fully saturated rings. The number of methoxy groups -OCH3 is 1. The summed E-state index contributed by atoms with van der Waals surface area (Å²) in [5, 5.41) is 9.43. The minimum absolute atomic E-state index is 0.132. The van der Waals surface area contributed by atoms with Gasteiger partial charge in [-0.3, -0.25) is 9.36 Å². The van der Waals surface area contributed by atoms with Crippen molar-refractivity contribution in [3.63, 3.8) is 0 Å². The molecule has 0 spiro atoms. The SMILES string of the molecule is COc1ccc(C2C3=C(N=c4sc(=Cc5ccc(-c6cc(C(=O)O)ccc6C)o5)c(=O)n42)c2ccccc2CC3)cc1. The van der Waals surface area contributed by atoms with Gasteiger partial charge in [0, 0.05) is 17.2 Å². The number of fused-ring (bicyclic) bond motifs is 3. The van der Waals surface area contributed by atoms with E-state index in [2.05, 4.69) is 18.2 Å². The number of carboxylic acids is 1. The van der Waals surface area contributed by atoms with Gasteiger partial charge >= 0.3 is 5.97 Å². The minimum Gasteiger partial charge on any atom is -0.497 e. The van der Waals surface area contributed by atoms with Gasteiger partial charge in [-0.25, -0.2) is 9.79 Å². The first kappa shape index (κ1) is 26.0. The van der Waals surface area contributed by atoms with Crippen molar-refractivity contribution in [1.82, 2.24) is 4.57 Å². The van der Waals surface area contributed by atoms with Crippen molar-refractivity contribution in [3.8, 4) is 17.1 Å². The summed E-state index contributed by atoms with van der Waals surface area (Å²) in [4.78, 5) is 31.2. The van der Waals surface area contributed by atoms with Gasteiger partial charge < -0.3 is 14.3 Å². The lowest BCUT2D eigenvalue weighted by molar-refractivity contribution is 0.0697. The highest BCUT2D eigenvalue weighted by molar-refractivity contribution is 7.07. The van der Waals surface area contributed by atoms with E-state index >= 15 is 0 Å². The summed E-state index contributed by atoms with van der Waals surface area (Å²) in [6, 6.07) is 24.5. The monoisotopic (exact) mass is 574 g/mol. The molecular weight excluding hydrogens is 548 g/mol. The Bertz CT molecular complexity index is 2100. The van der Waals surface area contributed by atoms with Crippen molar-refractivity contribution in [2.24, 2.45) is 4.99 Å². The van der Waals surface area contributed by atoms with Gasteiger partial charge in [0.15, 0.2) is 4.80 Å². The second-order valence-electron chi connectivity index (χ2n) is 10.4. The van der Waals surface area contributed by atoms with E-state index in [4.69, 9.17) is 14.1 Å².